The molecule has 9 N–H and O–H groups in total. The summed E-state index contributed by atoms with van der Waals surface area (Å²) in [6.07, 6.45) is 55.7. The molecule has 0 saturated carbocycles. The molecule has 12 unspecified atom stereocenters. The largest absolute Gasteiger partial charge is 0.394 e. The summed E-state index contributed by atoms with van der Waals surface area (Å²) in [5.74, 6) is -0.243. The highest BCUT2D eigenvalue weighted by Crippen LogP contribution is 2.30. The van der Waals surface area contributed by atoms with Crippen LogP contribution in [-0.2, 0) is 23.7 Å². The van der Waals surface area contributed by atoms with Crippen LogP contribution in [0, 0.1) is 0 Å². The fourth-order valence-corrected chi connectivity index (χ4v) is 12.3. The van der Waals surface area contributed by atoms with Gasteiger partial charge < -0.3 is 65.1 Å². The van der Waals surface area contributed by atoms with Crippen molar-refractivity contribution in [2.45, 2.75) is 408 Å². The second-order valence-electron chi connectivity index (χ2n) is 26.1. The van der Waals surface area contributed by atoms with E-state index in [0.29, 0.717) is 12.8 Å². The van der Waals surface area contributed by atoms with Gasteiger partial charge in [-0.05, 0) is 32.1 Å². The highest BCUT2D eigenvalue weighted by molar-refractivity contribution is 5.76. The Kier molecular flexibility index (Phi) is 53.7. The summed E-state index contributed by atoms with van der Waals surface area (Å²) in [7, 11) is 0. The fourth-order valence-electron chi connectivity index (χ4n) is 12.3. The lowest BCUT2D eigenvalue weighted by molar-refractivity contribution is -0.359. The molecular formula is C72H137NO13. The third-order valence-electron chi connectivity index (χ3n) is 18.1. The van der Waals surface area contributed by atoms with Gasteiger partial charge in [-0.1, -0.05) is 321 Å². The normalized spacial score (nSPS) is 23.5. The third-order valence-corrected chi connectivity index (χ3v) is 18.1. The number of hydrogen-bond donors (Lipinski definition) is 9. The zero-order valence-corrected chi connectivity index (χ0v) is 55.3. The van der Waals surface area contributed by atoms with Gasteiger partial charge in [-0.25, -0.2) is 0 Å². The molecule has 14 nitrogen and oxygen atoms in total. The monoisotopic (exact) mass is 1220 g/mol. The van der Waals surface area contributed by atoms with Crippen molar-refractivity contribution >= 4 is 5.91 Å². The number of carbonyl (C=O) groups is 1. The van der Waals surface area contributed by atoms with Gasteiger partial charge in [0.15, 0.2) is 12.6 Å². The van der Waals surface area contributed by atoms with E-state index in [1.165, 1.54) is 270 Å². The van der Waals surface area contributed by atoms with Crippen LogP contribution in [0.25, 0.3) is 0 Å². The van der Waals surface area contributed by atoms with Gasteiger partial charge in [-0.3, -0.25) is 4.79 Å². The summed E-state index contributed by atoms with van der Waals surface area (Å²) < 4.78 is 22.8. The molecule has 0 aromatic heterocycles. The zero-order chi connectivity index (χ0) is 62.3. The second-order valence-corrected chi connectivity index (χ2v) is 26.1. The minimum Gasteiger partial charge on any atom is -0.394 e. The summed E-state index contributed by atoms with van der Waals surface area (Å²) in [6, 6.07) is -0.928. The van der Waals surface area contributed by atoms with Crippen molar-refractivity contribution in [1.82, 2.24) is 5.32 Å². The first-order chi connectivity index (χ1) is 42.1. The molecule has 2 heterocycles. The Morgan fingerprint density at radius 2 is 0.744 bits per heavy atom. The number of allylic oxidation sites excluding steroid dienone is 3. The average molecular weight is 1220 g/mol. The van der Waals surface area contributed by atoms with Crippen molar-refractivity contribution in [2.24, 2.45) is 0 Å². The Morgan fingerprint density at radius 1 is 0.407 bits per heavy atom. The maximum Gasteiger partial charge on any atom is 0.220 e. The SMILES string of the molecule is CCCCCCCCCC/C=C/CC/C=C/C(O)C(COC1OC(CO)C(OC2OC(CO)C(O)C(O)C2O)C(O)C1O)NC(=O)CCCCCCCCCCCCCCCCCCCCCCCCCCCCCCCCCCCCCCCC. The molecular weight excluding hydrogens is 1090 g/mol. The van der Waals surface area contributed by atoms with Crippen LogP contribution in [0.2, 0.25) is 0 Å². The molecule has 0 spiro atoms. The van der Waals surface area contributed by atoms with Crippen molar-refractivity contribution in [1.29, 1.82) is 0 Å². The summed E-state index contributed by atoms with van der Waals surface area (Å²) in [4.78, 5) is 13.3. The van der Waals surface area contributed by atoms with Crippen LogP contribution in [-0.4, -0.2) is 140 Å². The van der Waals surface area contributed by atoms with Gasteiger partial charge in [0, 0.05) is 6.42 Å². The van der Waals surface area contributed by atoms with E-state index in [9.17, 15) is 45.6 Å². The number of rotatable bonds is 61. The Labute approximate surface area is 526 Å². The first-order valence-electron chi connectivity index (χ1n) is 36.6. The molecule has 0 radical (unpaired) electrons. The predicted molar refractivity (Wildman–Crippen MR) is 351 cm³/mol. The van der Waals surface area contributed by atoms with E-state index in [0.717, 1.165) is 32.1 Å². The minimum absolute atomic E-state index is 0.243. The molecule has 2 aliphatic heterocycles. The third kappa shape index (κ3) is 41.1. The average Bonchev–Trinajstić information content (AvgIpc) is 2.57. The molecule has 0 aromatic rings. The Balaban J connectivity index is 1.55. The lowest BCUT2D eigenvalue weighted by Gasteiger charge is -2.46. The first kappa shape index (κ1) is 80.6. The number of hydrogen-bond acceptors (Lipinski definition) is 13. The van der Waals surface area contributed by atoms with E-state index >= 15 is 0 Å². The van der Waals surface area contributed by atoms with E-state index in [2.05, 4.69) is 31.3 Å². The summed E-state index contributed by atoms with van der Waals surface area (Å²) in [6.45, 7) is 2.81. The van der Waals surface area contributed by atoms with Crippen molar-refractivity contribution in [3.05, 3.63) is 24.3 Å². The molecule has 508 valence electrons. The minimum atomic E-state index is -1.79. The van der Waals surface area contributed by atoms with E-state index in [4.69, 9.17) is 18.9 Å². The summed E-state index contributed by atoms with van der Waals surface area (Å²) >= 11 is 0. The smallest absolute Gasteiger partial charge is 0.220 e. The van der Waals surface area contributed by atoms with Crippen molar-refractivity contribution in [2.75, 3.05) is 19.8 Å². The lowest BCUT2D eigenvalue weighted by Crippen LogP contribution is -2.65. The number of carbonyl (C=O) groups excluding carboxylic acids is 1. The molecule has 86 heavy (non-hydrogen) atoms. The number of ether oxygens (including phenoxy) is 4. The van der Waals surface area contributed by atoms with Gasteiger partial charge in [0.25, 0.3) is 0 Å². The van der Waals surface area contributed by atoms with E-state index in [1.54, 1.807) is 6.08 Å². The molecule has 0 aliphatic carbocycles. The standard InChI is InChI=1S/C72H137NO13/c1-3-5-7-9-11-13-15-17-19-20-21-22-23-24-25-26-27-28-29-30-31-32-33-34-35-36-37-38-39-40-41-42-44-46-48-50-52-54-56-64(77)73-60(61(76)55-53-51-49-47-45-43-18-16-14-12-10-8-6-4-2)59-83-71-69(82)67(80)70(63(58-75)85-71)86-72-68(81)66(79)65(78)62(57-74)84-72/h45,47,53,55,60-63,65-72,74-76,78-82H,3-44,46,48-52,54,56-59H2,1-2H3,(H,73,77)/b47-45+,55-53+. The maximum atomic E-state index is 13.3. The number of aliphatic hydroxyl groups is 8. The van der Waals surface area contributed by atoms with E-state index in [-0.39, 0.29) is 18.9 Å². The van der Waals surface area contributed by atoms with Gasteiger partial charge in [0.1, 0.15) is 48.8 Å². The van der Waals surface area contributed by atoms with Crippen LogP contribution in [0.5, 0.6) is 0 Å². The maximum absolute atomic E-state index is 13.3. The predicted octanol–water partition coefficient (Wildman–Crippen LogP) is 15.1. The molecule has 1 amide bonds. The van der Waals surface area contributed by atoms with E-state index < -0.39 is 86.8 Å². The number of nitrogens with one attached hydrogen (secondary N) is 1. The van der Waals surface area contributed by atoms with Gasteiger partial charge in [-0.2, -0.15) is 0 Å². The summed E-state index contributed by atoms with van der Waals surface area (Å²) in [5, 5.41) is 87.2. The second kappa shape index (κ2) is 57.4. The number of unbranched alkanes of at least 4 members (excludes halogenated alkanes) is 46. The fraction of sp³-hybridized carbons (Fsp3) is 0.931. The number of aliphatic hydroxyl groups excluding tert-OH is 8. The van der Waals surface area contributed by atoms with Gasteiger partial charge in [-0.15, -0.1) is 0 Å². The van der Waals surface area contributed by atoms with Crippen LogP contribution in [0.3, 0.4) is 0 Å². The Bertz CT molecular complexity index is 1540. The molecule has 2 aliphatic rings. The van der Waals surface area contributed by atoms with Crippen LogP contribution < -0.4 is 5.32 Å². The van der Waals surface area contributed by atoms with E-state index in [1.807, 2.05) is 6.08 Å². The van der Waals surface area contributed by atoms with Crippen LogP contribution in [0.1, 0.15) is 335 Å². The van der Waals surface area contributed by atoms with Crippen molar-refractivity contribution in [3.8, 4) is 0 Å². The lowest BCUT2D eigenvalue weighted by atomic mass is 9.97. The van der Waals surface area contributed by atoms with Crippen LogP contribution >= 0.6 is 0 Å². The summed E-state index contributed by atoms with van der Waals surface area (Å²) in [5.41, 5.74) is 0. The zero-order valence-electron chi connectivity index (χ0n) is 55.3. The van der Waals surface area contributed by atoms with Crippen molar-refractivity contribution < 1.29 is 64.6 Å². The van der Waals surface area contributed by atoms with Gasteiger partial charge in [0.2, 0.25) is 5.91 Å². The highest BCUT2D eigenvalue weighted by atomic mass is 16.7. The number of amides is 1. The van der Waals surface area contributed by atoms with Crippen molar-refractivity contribution in [3.63, 3.8) is 0 Å². The topological polar surface area (TPSA) is 228 Å². The molecule has 2 rings (SSSR count). The molecule has 0 bridgehead atoms. The molecule has 14 heteroatoms. The molecule has 2 fully saturated rings. The Morgan fingerprint density at radius 3 is 1.14 bits per heavy atom. The molecule has 2 saturated heterocycles. The van der Waals surface area contributed by atoms with Crippen LogP contribution in [0.4, 0.5) is 0 Å². The van der Waals surface area contributed by atoms with Gasteiger partial charge in [0.05, 0.1) is 32.0 Å². The van der Waals surface area contributed by atoms with Crippen LogP contribution in [0.15, 0.2) is 24.3 Å². The van der Waals surface area contributed by atoms with Gasteiger partial charge >= 0.3 is 0 Å². The first-order valence-corrected chi connectivity index (χ1v) is 36.6. The quantitative estimate of drug-likeness (QED) is 0.0204. The highest BCUT2D eigenvalue weighted by Gasteiger charge is 2.51. The Hall–Kier alpha value is -1.53. The molecule has 12 atom stereocenters. The molecule has 0 aromatic carbocycles.